The highest BCUT2D eigenvalue weighted by molar-refractivity contribution is 9.10. The number of halogens is 1. The van der Waals surface area contributed by atoms with Gasteiger partial charge in [-0.3, -0.25) is 14.4 Å². The van der Waals surface area contributed by atoms with E-state index in [9.17, 15) is 19.2 Å². The summed E-state index contributed by atoms with van der Waals surface area (Å²) in [6.07, 6.45) is 0. The fourth-order valence-corrected chi connectivity index (χ4v) is 5.76. The van der Waals surface area contributed by atoms with Gasteiger partial charge in [0.2, 0.25) is 0 Å². The van der Waals surface area contributed by atoms with Crippen LogP contribution in [0.3, 0.4) is 0 Å². The molecule has 2 heterocycles. The molecule has 7 nitrogen and oxygen atoms in total. The molecule has 0 aliphatic carbocycles. The molecule has 1 aliphatic rings. The molecule has 0 saturated carbocycles. The van der Waals surface area contributed by atoms with Crippen LogP contribution in [0.2, 0.25) is 0 Å². The summed E-state index contributed by atoms with van der Waals surface area (Å²) in [5, 5.41) is 0.585. The van der Waals surface area contributed by atoms with Gasteiger partial charge in [-0.1, -0.05) is 52.3 Å². The highest BCUT2D eigenvalue weighted by Crippen LogP contribution is 2.33. The number of benzene rings is 4. The van der Waals surface area contributed by atoms with E-state index in [1.54, 1.807) is 72.8 Å². The van der Waals surface area contributed by atoms with Crippen LogP contribution in [0.25, 0.3) is 22.2 Å². The molecule has 1 aliphatic heterocycles. The normalized spacial score (nSPS) is 12.5. The molecule has 5 aromatic rings. The van der Waals surface area contributed by atoms with Gasteiger partial charge >= 0.3 is 5.97 Å². The molecule has 0 bridgehead atoms. The Labute approximate surface area is 256 Å². The summed E-state index contributed by atoms with van der Waals surface area (Å²) < 4.78 is 6.30. The van der Waals surface area contributed by atoms with Crippen molar-refractivity contribution in [1.82, 2.24) is 4.98 Å². The number of nitrogens with zero attached hydrogens (tertiary/aromatic N) is 2. The number of fused-ring (bicyclic) bond motifs is 2. The summed E-state index contributed by atoms with van der Waals surface area (Å²) in [5.41, 5.74) is 6.59. The van der Waals surface area contributed by atoms with Crippen molar-refractivity contribution in [3.63, 3.8) is 0 Å². The first kappa shape index (κ1) is 28.2. The van der Waals surface area contributed by atoms with Crippen LogP contribution in [0.5, 0.6) is 0 Å². The van der Waals surface area contributed by atoms with E-state index in [0.29, 0.717) is 44.5 Å². The molecule has 0 atom stereocenters. The molecule has 0 radical (unpaired) electrons. The van der Waals surface area contributed by atoms with E-state index in [4.69, 9.17) is 9.72 Å². The number of carbonyl (C=O) groups is 4. The first-order valence-electron chi connectivity index (χ1n) is 13.6. The lowest BCUT2D eigenvalue weighted by molar-refractivity contribution is 0.0476. The van der Waals surface area contributed by atoms with Gasteiger partial charge in [-0.05, 0) is 86.0 Å². The highest BCUT2D eigenvalue weighted by Gasteiger charge is 2.36. The van der Waals surface area contributed by atoms with Crippen LogP contribution in [-0.2, 0) is 4.74 Å². The van der Waals surface area contributed by atoms with Gasteiger partial charge in [-0.15, -0.1) is 0 Å². The molecule has 4 aromatic carbocycles. The third-order valence-corrected chi connectivity index (χ3v) is 8.13. The SMILES string of the molecule is Cc1ccc(C(=O)COC(=O)c2cc(-c3ccc(N4C(=O)c5ccccc5C4=O)cc3)nc3c(C)cc(Br)cc23)cc1C. The number of Topliss-reactive ketones (excluding diaryl/α,β-unsaturated/α-hetero) is 1. The number of hydrogen-bond acceptors (Lipinski definition) is 6. The number of imide groups is 1. The van der Waals surface area contributed by atoms with E-state index < -0.39 is 12.6 Å². The number of hydrogen-bond donors (Lipinski definition) is 0. The number of aromatic nitrogens is 1. The molecule has 8 heteroatoms. The van der Waals surface area contributed by atoms with Gasteiger partial charge in [0.25, 0.3) is 11.8 Å². The van der Waals surface area contributed by atoms with Crippen LogP contribution in [0, 0.1) is 20.8 Å². The van der Waals surface area contributed by atoms with Crippen molar-refractivity contribution in [2.75, 3.05) is 11.5 Å². The van der Waals surface area contributed by atoms with Crippen LogP contribution in [-0.4, -0.2) is 35.2 Å². The second kappa shape index (κ2) is 11.0. The number of amides is 2. The molecule has 0 unspecified atom stereocenters. The first-order valence-corrected chi connectivity index (χ1v) is 14.4. The van der Waals surface area contributed by atoms with Crippen LogP contribution < -0.4 is 4.90 Å². The van der Waals surface area contributed by atoms with E-state index >= 15 is 0 Å². The third kappa shape index (κ3) is 5.15. The van der Waals surface area contributed by atoms with Crippen LogP contribution in [0.4, 0.5) is 5.69 Å². The predicted molar refractivity (Wildman–Crippen MR) is 168 cm³/mol. The molecular weight excluding hydrogens is 608 g/mol. The smallest absolute Gasteiger partial charge is 0.339 e. The van der Waals surface area contributed by atoms with Crippen molar-refractivity contribution in [2.24, 2.45) is 0 Å². The molecule has 0 N–H and O–H groups in total. The fourth-order valence-electron chi connectivity index (χ4n) is 5.19. The lowest BCUT2D eigenvalue weighted by Gasteiger charge is -2.15. The van der Waals surface area contributed by atoms with Crippen molar-refractivity contribution in [1.29, 1.82) is 0 Å². The van der Waals surface area contributed by atoms with Gasteiger partial charge in [-0.2, -0.15) is 0 Å². The van der Waals surface area contributed by atoms with E-state index in [-0.39, 0.29) is 23.2 Å². The van der Waals surface area contributed by atoms with Gasteiger partial charge in [0.05, 0.1) is 33.6 Å². The quantitative estimate of drug-likeness (QED) is 0.110. The maximum Gasteiger partial charge on any atom is 0.339 e. The standard InChI is InChI=1S/C35H25BrN2O5/c1-19-8-9-23(14-20(19)2)31(39)18-43-35(42)29-17-30(37-32-21(3)15-24(36)16-28(29)32)22-10-12-25(13-11-22)38-33(40)26-6-4-5-7-27(26)34(38)41/h4-17H,18H2,1-3H3. The number of anilines is 1. The number of ketones is 1. The molecule has 2 amide bonds. The molecular formula is C35H25BrN2O5. The lowest BCUT2D eigenvalue weighted by Crippen LogP contribution is -2.29. The van der Waals surface area contributed by atoms with Crippen molar-refractivity contribution in [3.05, 3.63) is 128 Å². The largest absolute Gasteiger partial charge is 0.454 e. The van der Waals surface area contributed by atoms with Crippen LogP contribution in [0.15, 0.2) is 89.4 Å². The van der Waals surface area contributed by atoms with E-state index in [0.717, 1.165) is 26.1 Å². The minimum atomic E-state index is -0.647. The van der Waals surface area contributed by atoms with E-state index in [1.807, 2.05) is 32.9 Å². The summed E-state index contributed by atoms with van der Waals surface area (Å²) >= 11 is 3.50. The number of pyridine rings is 1. The maximum atomic E-state index is 13.4. The summed E-state index contributed by atoms with van der Waals surface area (Å²) in [6.45, 7) is 5.39. The van der Waals surface area contributed by atoms with Crippen LogP contribution in [0.1, 0.15) is 58.1 Å². The molecule has 0 fully saturated rings. The second-order valence-corrected chi connectivity index (χ2v) is 11.4. The second-order valence-electron chi connectivity index (χ2n) is 10.5. The zero-order chi connectivity index (χ0) is 30.4. The monoisotopic (exact) mass is 632 g/mol. The van der Waals surface area contributed by atoms with Crippen molar-refractivity contribution in [3.8, 4) is 11.3 Å². The van der Waals surface area contributed by atoms with E-state index in [2.05, 4.69) is 15.9 Å². The Morgan fingerprint density at radius 1 is 0.791 bits per heavy atom. The zero-order valence-electron chi connectivity index (χ0n) is 23.6. The number of aryl methyl sites for hydroxylation is 3. The lowest BCUT2D eigenvalue weighted by atomic mass is 10.0. The molecule has 212 valence electrons. The highest BCUT2D eigenvalue weighted by atomic mass is 79.9. The topological polar surface area (TPSA) is 93.6 Å². The third-order valence-electron chi connectivity index (χ3n) is 7.67. The van der Waals surface area contributed by atoms with Crippen LogP contribution >= 0.6 is 15.9 Å². The maximum absolute atomic E-state index is 13.4. The van der Waals surface area contributed by atoms with Gasteiger partial charge in [0, 0.05) is 21.0 Å². The summed E-state index contributed by atoms with van der Waals surface area (Å²) in [4.78, 5) is 58.1. The van der Waals surface area contributed by atoms with Crippen molar-refractivity contribution >= 4 is 56.1 Å². The molecule has 6 rings (SSSR count). The fraction of sp³-hybridized carbons (Fsp3) is 0.114. The molecule has 0 spiro atoms. The minimum absolute atomic E-state index is 0.265. The number of rotatable bonds is 6. The van der Waals surface area contributed by atoms with E-state index in [1.165, 1.54) is 0 Å². The minimum Gasteiger partial charge on any atom is -0.454 e. The van der Waals surface area contributed by atoms with Crippen molar-refractivity contribution in [2.45, 2.75) is 20.8 Å². The Hall–Kier alpha value is -4.95. The first-order chi connectivity index (χ1) is 20.6. The number of carbonyl (C=O) groups excluding carboxylic acids is 4. The Balaban J connectivity index is 1.32. The summed E-state index contributed by atoms with van der Waals surface area (Å²) in [5.74, 6) is -1.69. The average molecular weight is 633 g/mol. The summed E-state index contributed by atoms with van der Waals surface area (Å²) in [6, 6.07) is 24.3. The van der Waals surface area contributed by atoms with Gasteiger partial charge < -0.3 is 4.74 Å². The summed E-state index contributed by atoms with van der Waals surface area (Å²) in [7, 11) is 0. The average Bonchev–Trinajstić information content (AvgIpc) is 3.26. The van der Waals surface area contributed by atoms with Crippen molar-refractivity contribution < 1.29 is 23.9 Å². The Kier molecular flexibility index (Phi) is 7.23. The zero-order valence-corrected chi connectivity index (χ0v) is 25.2. The Morgan fingerprint density at radius 2 is 1.47 bits per heavy atom. The molecule has 43 heavy (non-hydrogen) atoms. The Bertz CT molecular complexity index is 1960. The van der Waals surface area contributed by atoms with Gasteiger partial charge in [0.1, 0.15) is 0 Å². The Morgan fingerprint density at radius 3 is 2.12 bits per heavy atom. The predicted octanol–water partition coefficient (Wildman–Crippen LogP) is 7.43. The molecule has 1 aromatic heterocycles. The molecule has 0 saturated heterocycles. The number of ether oxygens (including phenoxy) is 1. The van der Waals surface area contributed by atoms with Gasteiger partial charge in [-0.25, -0.2) is 14.7 Å². The number of esters is 1. The van der Waals surface area contributed by atoms with Gasteiger partial charge in [0.15, 0.2) is 12.4 Å².